The molecule has 0 aromatic carbocycles. The van der Waals surface area contributed by atoms with Crippen LogP contribution >= 0.6 is 11.3 Å². The van der Waals surface area contributed by atoms with E-state index in [0.29, 0.717) is 17.9 Å². The molecule has 1 aromatic rings. The van der Waals surface area contributed by atoms with Crippen molar-refractivity contribution in [2.24, 2.45) is 16.8 Å². The van der Waals surface area contributed by atoms with E-state index in [1.807, 2.05) is 11.3 Å². The highest BCUT2D eigenvalue weighted by molar-refractivity contribution is 7.09. The molecule has 3 fully saturated rings. The number of hydrogen-bond acceptors (Lipinski definition) is 4. The number of hydrogen-bond donors (Lipinski definition) is 2. The summed E-state index contributed by atoms with van der Waals surface area (Å²) in [6.45, 7) is 8.95. The Balaban J connectivity index is 1.25. The van der Waals surface area contributed by atoms with Gasteiger partial charge in [-0.05, 0) is 62.9 Å². The van der Waals surface area contributed by atoms with Crippen molar-refractivity contribution in [1.82, 2.24) is 20.4 Å². The van der Waals surface area contributed by atoms with E-state index in [0.717, 1.165) is 64.5 Å². The van der Waals surface area contributed by atoms with Crippen LogP contribution in [0, 0.1) is 11.8 Å². The molecular formula is C24H39N5OS. The zero-order valence-corrected chi connectivity index (χ0v) is 19.8. The van der Waals surface area contributed by atoms with Gasteiger partial charge in [-0.1, -0.05) is 18.9 Å². The van der Waals surface area contributed by atoms with E-state index in [1.54, 1.807) is 0 Å². The molecule has 172 valence electrons. The smallest absolute Gasteiger partial charge is 0.225 e. The van der Waals surface area contributed by atoms with Crippen LogP contribution in [0.4, 0.5) is 0 Å². The van der Waals surface area contributed by atoms with Crippen LogP contribution in [0.5, 0.6) is 0 Å². The lowest BCUT2D eigenvalue weighted by Crippen LogP contribution is -2.46. The van der Waals surface area contributed by atoms with E-state index < -0.39 is 0 Å². The summed E-state index contributed by atoms with van der Waals surface area (Å²) in [5.41, 5.74) is 0. The van der Waals surface area contributed by atoms with Gasteiger partial charge >= 0.3 is 0 Å². The van der Waals surface area contributed by atoms with Gasteiger partial charge in [0.05, 0.1) is 0 Å². The first kappa shape index (κ1) is 22.6. The Bertz CT molecular complexity index is 716. The van der Waals surface area contributed by atoms with Gasteiger partial charge < -0.3 is 15.5 Å². The Morgan fingerprint density at radius 1 is 1.16 bits per heavy atom. The third-order valence-corrected chi connectivity index (χ3v) is 7.82. The normalized spacial score (nSPS) is 25.8. The molecule has 1 saturated carbocycles. The highest BCUT2D eigenvalue weighted by atomic mass is 32.1. The van der Waals surface area contributed by atoms with Gasteiger partial charge in [0.2, 0.25) is 5.91 Å². The molecular weight excluding hydrogens is 406 g/mol. The van der Waals surface area contributed by atoms with Crippen molar-refractivity contribution in [2.45, 2.75) is 64.5 Å². The van der Waals surface area contributed by atoms with Gasteiger partial charge in [0, 0.05) is 56.1 Å². The Kier molecular flexibility index (Phi) is 8.25. The molecule has 0 spiro atoms. The number of guanidine groups is 1. The fourth-order valence-electron chi connectivity index (χ4n) is 5.31. The monoisotopic (exact) mass is 445 g/mol. The summed E-state index contributed by atoms with van der Waals surface area (Å²) in [4.78, 5) is 23.8. The number of carbonyl (C=O) groups is 1. The van der Waals surface area contributed by atoms with Gasteiger partial charge in [-0.3, -0.25) is 14.7 Å². The van der Waals surface area contributed by atoms with Crippen molar-refractivity contribution in [1.29, 1.82) is 0 Å². The second-order valence-corrected chi connectivity index (χ2v) is 10.5. The number of likely N-dealkylation sites (tertiary alicyclic amines) is 2. The summed E-state index contributed by atoms with van der Waals surface area (Å²) in [5.74, 6) is 2.20. The number of aliphatic imine (C=N–C) groups is 1. The number of amides is 1. The summed E-state index contributed by atoms with van der Waals surface area (Å²) in [6.07, 6.45) is 8.14. The lowest BCUT2D eigenvalue weighted by Gasteiger charge is -2.31. The van der Waals surface area contributed by atoms with E-state index in [9.17, 15) is 4.79 Å². The van der Waals surface area contributed by atoms with Gasteiger partial charge in [-0.25, -0.2) is 0 Å². The third-order valence-electron chi connectivity index (χ3n) is 6.96. The van der Waals surface area contributed by atoms with Crippen LogP contribution in [0.3, 0.4) is 0 Å². The number of piperidine rings is 1. The Morgan fingerprint density at radius 3 is 2.81 bits per heavy atom. The number of thiophene rings is 1. The molecule has 3 heterocycles. The third kappa shape index (κ3) is 6.45. The molecule has 2 N–H and O–H groups in total. The zero-order valence-electron chi connectivity index (χ0n) is 19.0. The molecule has 31 heavy (non-hydrogen) atoms. The van der Waals surface area contributed by atoms with Crippen molar-refractivity contribution < 1.29 is 4.79 Å². The molecule has 2 atom stereocenters. The van der Waals surface area contributed by atoms with Crippen LogP contribution in [0.2, 0.25) is 0 Å². The average Bonchev–Trinajstić information content (AvgIpc) is 3.55. The molecule has 0 bridgehead atoms. The van der Waals surface area contributed by atoms with Gasteiger partial charge in [0.15, 0.2) is 5.96 Å². The second-order valence-electron chi connectivity index (χ2n) is 9.44. The lowest BCUT2D eigenvalue weighted by molar-refractivity contribution is -0.134. The molecule has 7 heteroatoms. The number of nitrogens with zero attached hydrogens (tertiary/aromatic N) is 3. The average molecular weight is 446 g/mol. The predicted molar refractivity (Wildman–Crippen MR) is 128 cm³/mol. The minimum atomic E-state index is 0.282. The van der Waals surface area contributed by atoms with Crippen molar-refractivity contribution >= 4 is 23.2 Å². The van der Waals surface area contributed by atoms with Crippen LogP contribution in [-0.2, 0) is 11.3 Å². The molecule has 2 aliphatic heterocycles. The zero-order chi connectivity index (χ0) is 21.5. The van der Waals surface area contributed by atoms with E-state index in [4.69, 9.17) is 4.99 Å². The molecule has 1 aliphatic carbocycles. The molecule has 0 radical (unpaired) electrons. The van der Waals surface area contributed by atoms with Crippen molar-refractivity contribution in [3.8, 4) is 0 Å². The maximum Gasteiger partial charge on any atom is 0.225 e. The van der Waals surface area contributed by atoms with Crippen LogP contribution < -0.4 is 10.6 Å². The minimum Gasteiger partial charge on any atom is -0.357 e. The molecule has 4 rings (SSSR count). The topological polar surface area (TPSA) is 60.0 Å². The summed E-state index contributed by atoms with van der Waals surface area (Å²) in [7, 11) is 0. The predicted octanol–water partition coefficient (Wildman–Crippen LogP) is 3.31. The van der Waals surface area contributed by atoms with Crippen molar-refractivity contribution in [3.05, 3.63) is 22.4 Å². The fraction of sp³-hybridized carbons (Fsp3) is 0.750. The summed E-state index contributed by atoms with van der Waals surface area (Å²) >= 11 is 1.85. The van der Waals surface area contributed by atoms with Crippen LogP contribution in [0.15, 0.2) is 22.5 Å². The summed E-state index contributed by atoms with van der Waals surface area (Å²) in [6, 6.07) is 4.69. The second kappa shape index (κ2) is 11.3. The summed E-state index contributed by atoms with van der Waals surface area (Å²) in [5, 5.41) is 9.20. The number of rotatable bonds is 7. The van der Waals surface area contributed by atoms with Gasteiger partial charge in [0.25, 0.3) is 0 Å². The van der Waals surface area contributed by atoms with Crippen LogP contribution in [-0.4, -0.2) is 67.0 Å². The van der Waals surface area contributed by atoms with Crippen molar-refractivity contribution in [3.63, 3.8) is 0 Å². The molecule has 3 aliphatic rings. The lowest BCUT2D eigenvalue weighted by atomic mass is 9.98. The molecule has 1 amide bonds. The Labute approximate surface area is 191 Å². The number of nitrogens with one attached hydrogen (secondary N) is 2. The van der Waals surface area contributed by atoms with E-state index in [1.165, 1.54) is 37.1 Å². The van der Waals surface area contributed by atoms with Gasteiger partial charge in [0.1, 0.15) is 0 Å². The van der Waals surface area contributed by atoms with Crippen molar-refractivity contribution in [2.75, 3.05) is 39.3 Å². The van der Waals surface area contributed by atoms with E-state index in [-0.39, 0.29) is 5.92 Å². The largest absolute Gasteiger partial charge is 0.357 e. The molecule has 6 nitrogen and oxygen atoms in total. The van der Waals surface area contributed by atoms with Gasteiger partial charge in [-0.15, -0.1) is 11.3 Å². The molecule has 1 aromatic heterocycles. The highest BCUT2D eigenvalue weighted by Gasteiger charge is 2.32. The quantitative estimate of drug-likeness (QED) is 0.499. The Morgan fingerprint density at radius 2 is 2.03 bits per heavy atom. The van der Waals surface area contributed by atoms with E-state index in [2.05, 4.69) is 44.9 Å². The summed E-state index contributed by atoms with van der Waals surface area (Å²) < 4.78 is 0. The molecule has 2 unspecified atom stereocenters. The SMILES string of the molecule is CCNC(=NCC1CCCN(Cc2cccs2)C1)NC1CCN(C(=O)C2CCCC2)C1. The molecule has 2 saturated heterocycles. The Hall–Kier alpha value is -1.60. The maximum atomic E-state index is 12.7. The highest BCUT2D eigenvalue weighted by Crippen LogP contribution is 2.28. The van der Waals surface area contributed by atoms with Crippen LogP contribution in [0.1, 0.15) is 56.7 Å². The standard InChI is InChI=1S/C24H39N5OS/c1-2-25-24(27-21-11-13-29(17-21)23(30)20-8-3-4-9-20)26-15-19-7-5-12-28(16-19)18-22-10-6-14-31-22/h6,10,14,19-21H,2-5,7-9,11-13,15-18H2,1H3,(H2,25,26,27). The van der Waals surface area contributed by atoms with E-state index >= 15 is 0 Å². The first-order valence-electron chi connectivity index (χ1n) is 12.3. The first-order valence-corrected chi connectivity index (χ1v) is 13.2. The van der Waals surface area contributed by atoms with Gasteiger partial charge in [-0.2, -0.15) is 0 Å². The van der Waals surface area contributed by atoms with Crippen LogP contribution in [0.25, 0.3) is 0 Å². The number of carbonyl (C=O) groups excluding carboxylic acids is 1. The fourth-order valence-corrected chi connectivity index (χ4v) is 6.06. The first-order chi connectivity index (χ1) is 15.2. The maximum absolute atomic E-state index is 12.7. The minimum absolute atomic E-state index is 0.282.